The SMILES string of the molecule is COC(=O)[C@@H]1Cc2ccc(Cl)cc2N1. The molecule has 74 valence electrons. The number of anilines is 1. The summed E-state index contributed by atoms with van der Waals surface area (Å²) in [5, 5.41) is 3.74. The lowest BCUT2D eigenvalue weighted by molar-refractivity contribution is -0.141. The van der Waals surface area contributed by atoms with E-state index in [4.69, 9.17) is 11.6 Å². The van der Waals surface area contributed by atoms with Gasteiger partial charge in [0.25, 0.3) is 0 Å². The third kappa shape index (κ3) is 1.55. The van der Waals surface area contributed by atoms with E-state index in [2.05, 4.69) is 10.1 Å². The maximum absolute atomic E-state index is 11.2. The fourth-order valence-electron chi connectivity index (χ4n) is 1.60. The number of benzene rings is 1. The first-order valence-corrected chi connectivity index (χ1v) is 4.71. The van der Waals surface area contributed by atoms with Crippen LogP contribution in [0.25, 0.3) is 0 Å². The molecule has 0 aromatic heterocycles. The van der Waals surface area contributed by atoms with Crippen molar-refractivity contribution in [2.75, 3.05) is 12.4 Å². The summed E-state index contributed by atoms with van der Waals surface area (Å²) in [6.07, 6.45) is 0.666. The van der Waals surface area contributed by atoms with Gasteiger partial charge in [-0.1, -0.05) is 17.7 Å². The van der Waals surface area contributed by atoms with Crippen LogP contribution >= 0.6 is 11.6 Å². The molecular weight excluding hydrogens is 202 g/mol. The molecule has 4 heteroatoms. The van der Waals surface area contributed by atoms with Gasteiger partial charge in [0.2, 0.25) is 0 Å². The van der Waals surface area contributed by atoms with E-state index in [1.54, 1.807) is 0 Å². The molecule has 1 aliphatic rings. The molecule has 3 nitrogen and oxygen atoms in total. The van der Waals surface area contributed by atoms with Gasteiger partial charge in [0.15, 0.2) is 0 Å². The number of methoxy groups -OCH3 is 1. The van der Waals surface area contributed by atoms with Crippen LogP contribution in [0.15, 0.2) is 18.2 Å². The Morgan fingerprint density at radius 1 is 1.64 bits per heavy atom. The fraction of sp³-hybridized carbons (Fsp3) is 0.300. The smallest absolute Gasteiger partial charge is 0.328 e. The van der Waals surface area contributed by atoms with E-state index in [1.807, 2.05) is 18.2 Å². The zero-order chi connectivity index (χ0) is 10.1. The first-order valence-electron chi connectivity index (χ1n) is 4.33. The van der Waals surface area contributed by atoms with Crippen LogP contribution in [0.1, 0.15) is 5.56 Å². The average molecular weight is 212 g/mol. The molecular formula is C10H10ClNO2. The Balaban J connectivity index is 2.22. The number of carbonyl (C=O) groups excluding carboxylic acids is 1. The zero-order valence-electron chi connectivity index (χ0n) is 7.71. The summed E-state index contributed by atoms with van der Waals surface area (Å²) >= 11 is 5.83. The van der Waals surface area contributed by atoms with Crippen molar-refractivity contribution in [1.29, 1.82) is 0 Å². The summed E-state index contributed by atoms with van der Waals surface area (Å²) in [4.78, 5) is 11.2. The summed E-state index contributed by atoms with van der Waals surface area (Å²) in [5.41, 5.74) is 2.03. The van der Waals surface area contributed by atoms with Crippen LogP contribution in [0.5, 0.6) is 0 Å². The monoisotopic (exact) mass is 211 g/mol. The van der Waals surface area contributed by atoms with E-state index in [9.17, 15) is 4.79 Å². The number of nitrogens with one attached hydrogen (secondary N) is 1. The summed E-state index contributed by atoms with van der Waals surface area (Å²) in [7, 11) is 1.39. The van der Waals surface area contributed by atoms with Crippen LogP contribution in [0, 0.1) is 0 Å². The van der Waals surface area contributed by atoms with Crippen molar-refractivity contribution >= 4 is 23.3 Å². The van der Waals surface area contributed by atoms with Gasteiger partial charge in [-0.3, -0.25) is 0 Å². The quantitative estimate of drug-likeness (QED) is 0.721. The molecule has 0 saturated carbocycles. The van der Waals surface area contributed by atoms with Crippen LogP contribution in [0.3, 0.4) is 0 Å². The van der Waals surface area contributed by atoms with Crippen molar-refractivity contribution < 1.29 is 9.53 Å². The molecule has 14 heavy (non-hydrogen) atoms. The highest BCUT2D eigenvalue weighted by molar-refractivity contribution is 6.30. The lowest BCUT2D eigenvalue weighted by Gasteiger charge is -2.07. The molecule has 0 spiro atoms. The highest BCUT2D eigenvalue weighted by Crippen LogP contribution is 2.28. The number of carbonyl (C=O) groups is 1. The molecule has 1 aliphatic heterocycles. The Bertz CT molecular complexity index is 378. The molecule has 1 N–H and O–H groups in total. The third-order valence-corrected chi connectivity index (χ3v) is 2.55. The molecule has 1 atom stereocenters. The van der Waals surface area contributed by atoms with Crippen LogP contribution in [-0.4, -0.2) is 19.1 Å². The molecule has 1 aromatic carbocycles. The molecule has 0 radical (unpaired) electrons. The number of hydrogen-bond donors (Lipinski definition) is 1. The summed E-state index contributed by atoms with van der Waals surface area (Å²) in [6.45, 7) is 0. The van der Waals surface area contributed by atoms with E-state index in [-0.39, 0.29) is 12.0 Å². The van der Waals surface area contributed by atoms with Crippen LogP contribution in [-0.2, 0) is 16.0 Å². The first-order chi connectivity index (χ1) is 6.70. The molecule has 0 aliphatic carbocycles. The van der Waals surface area contributed by atoms with E-state index in [0.717, 1.165) is 11.3 Å². The summed E-state index contributed by atoms with van der Waals surface area (Å²) in [5.74, 6) is -0.239. The number of hydrogen-bond acceptors (Lipinski definition) is 3. The highest BCUT2D eigenvalue weighted by Gasteiger charge is 2.27. The molecule has 2 rings (SSSR count). The van der Waals surface area contributed by atoms with Gasteiger partial charge in [-0.2, -0.15) is 0 Å². The van der Waals surface area contributed by atoms with Crippen molar-refractivity contribution in [1.82, 2.24) is 0 Å². The van der Waals surface area contributed by atoms with Crippen molar-refractivity contribution in [3.05, 3.63) is 28.8 Å². The topological polar surface area (TPSA) is 38.3 Å². The largest absolute Gasteiger partial charge is 0.467 e. The second-order valence-corrected chi connectivity index (χ2v) is 3.66. The normalized spacial score (nSPS) is 18.6. The van der Waals surface area contributed by atoms with Crippen LogP contribution < -0.4 is 5.32 Å². The lowest BCUT2D eigenvalue weighted by Crippen LogP contribution is -2.27. The van der Waals surface area contributed by atoms with E-state index in [1.165, 1.54) is 7.11 Å². The lowest BCUT2D eigenvalue weighted by atomic mass is 10.1. The molecule has 0 amide bonds. The standard InChI is InChI=1S/C10H10ClNO2/c1-14-10(13)9-4-6-2-3-7(11)5-8(6)12-9/h2-3,5,9,12H,4H2,1H3/t9-/m0/s1. The van der Waals surface area contributed by atoms with Gasteiger partial charge < -0.3 is 10.1 Å². The second-order valence-electron chi connectivity index (χ2n) is 3.23. The third-order valence-electron chi connectivity index (χ3n) is 2.31. The van der Waals surface area contributed by atoms with E-state index in [0.29, 0.717) is 11.4 Å². The van der Waals surface area contributed by atoms with Gasteiger partial charge in [0.05, 0.1) is 7.11 Å². The number of esters is 1. The molecule has 0 bridgehead atoms. The minimum Gasteiger partial charge on any atom is -0.467 e. The molecule has 0 fully saturated rings. The van der Waals surface area contributed by atoms with Crippen molar-refractivity contribution in [2.45, 2.75) is 12.5 Å². The second kappa shape index (κ2) is 3.50. The number of rotatable bonds is 1. The minimum atomic E-state index is -0.270. The van der Waals surface area contributed by atoms with Crippen LogP contribution in [0.2, 0.25) is 5.02 Å². The maximum Gasteiger partial charge on any atom is 0.328 e. The van der Waals surface area contributed by atoms with Gasteiger partial charge in [-0.05, 0) is 17.7 Å². The number of ether oxygens (including phenoxy) is 1. The maximum atomic E-state index is 11.2. The highest BCUT2D eigenvalue weighted by atomic mass is 35.5. The fourth-order valence-corrected chi connectivity index (χ4v) is 1.78. The summed E-state index contributed by atoms with van der Waals surface area (Å²) in [6, 6.07) is 5.29. The Labute approximate surface area is 87.0 Å². The first kappa shape index (κ1) is 9.34. The van der Waals surface area contributed by atoms with Crippen molar-refractivity contribution in [2.24, 2.45) is 0 Å². The Morgan fingerprint density at radius 2 is 2.43 bits per heavy atom. The van der Waals surface area contributed by atoms with Gasteiger partial charge in [0, 0.05) is 17.1 Å². The van der Waals surface area contributed by atoms with Gasteiger partial charge >= 0.3 is 5.97 Å². The van der Waals surface area contributed by atoms with Crippen LogP contribution in [0.4, 0.5) is 5.69 Å². The Kier molecular flexibility index (Phi) is 2.33. The predicted octanol–water partition coefficient (Wildman–Crippen LogP) is 1.85. The Hall–Kier alpha value is -1.22. The Morgan fingerprint density at radius 3 is 3.14 bits per heavy atom. The van der Waals surface area contributed by atoms with Crippen molar-refractivity contribution in [3.8, 4) is 0 Å². The molecule has 0 saturated heterocycles. The predicted molar refractivity (Wildman–Crippen MR) is 54.6 cm³/mol. The van der Waals surface area contributed by atoms with Gasteiger partial charge in [-0.25, -0.2) is 4.79 Å². The minimum absolute atomic E-state index is 0.239. The number of halogens is 1. The average Bonchev–Trinajstić information content (AvgIpc) is 2.59. The van der Waals surface area contributed by atoms with Gasteiger partial charge in [-0.15, -0.1) is 0 Å². The molecule has 0 unspecified atom stereocenters. The van der Waals surface area contributed by atoms with Gasteiger partial charge in [0.1, 0.15) is 6.04 Å². The molecule has 1 heterocycles. The van der Waals surface area contributed by atoms with Crippen molar-refractivity contribution in [3.63, 3.8) is 0 Å². The molecule has 1 aromatic rings. The summed E-state index contributed by atoms with van der Waals surface area (Å²) < 4.78 is 4.66. The van der Waals surface area contributed by atoms with E-state index >= 15 is 0 Å². The van der Waals surface area contributed by atoms with E-state index < -0.39 is 0 Å². The zero-order valence-corrected chi connectivity index (χ0v) is 8.47. The number of fused-ring (bicyclic) bond motifs is 1.